The minimum absolute atomic E-state index is 0.250. The van der Waals surface area contributed by atoms with Gasteiger partial charge in [-0.1, -0.05) is 12.1 Å². The van der Waals surface area contributed by atoms with E-state index in [4.69, 9.17) is 0 Å². The maximum atomic E-state index is 12.7. The van der Waals surface area contributed by atoms with Gasteiger partial charge in [0.2, 0.25) is 0 Å². The minimum Gasteiger partial charge on any atom is -0.306 e. The predicted octanol–water partition coefficient (Wildman–Crippen LogP) is 3.78. The topological polar surface area (TPSA) is 61.9 Å². The van der Waals surface area contributed by atoms with Crippen LogP contribution in [0.15, 0.2) is 35.3 Å². The van der Waals surface area contributed by atoms with Crippen molar-refractivity contribution in [3.8, 4) is 11.4 Å². The third-order valence-electron chi connectivity index (χ3n) is 4.66. The number of aromatic nitrogens is 3. The lowest BCUT2D eigenvalue weighted by molar-refractivity contribution is -0.137. The second-order valence-electron chi connectivity index (χ2n) is 6.74. The van der Waals surface area contributed by atoms with Gasteiger partial charge >= 0.3 is 6.18 Å². The van der Waals surface area contributed by atoms with Crippen LogP contribution in [0.2, 0.25) is 0 Å². The Morgan fingerprint density at radius 2 is 2.00 bits per heavy atom. The third kappa shape index (κ3) is 3.85. The van der Waals surface area contributed by atoms with Crippen molar-refractivity contribution in [2.45, 2.75) is 32.6 Å². The van der Waals surface area contributed by atoms with Gasteiger partial charge < -0.3 is 4.98 Å². The van der Waals surface area contributed by atoms with Crippen LogP contribution in [0.5, 0.6) is 0 Å². The summed E-state index contributed by atoms with van der Waals surface area (Å²) in [5.41, 5.74) is 0.776. The number of rotatable bonds is 3. The lowest BCUT2D eigenvalue weighted by Crippen LogP contribution is -2.35. The Hall–Kier alpha value is -2.52. The molecule has 3 aromatic rings. The van der Waals surface area contributed by atoms with Crippen molar-refractivity contribution in [2.75, 3.05) is 6.54 Å². The molecule has 1 aromatic carbocycles. The van der Waals surface area contributed by atoms with Crippen molar-refractivity contribution in [1.29, 1.82) is 0 Å². The molecule has 2 aromatic heterocycles. The van der Waals surface area contributed by atoms with E-state index in [0.29, 0.717) is 42.2 Å². The zero-order valence-electron chi connectivity index (χ0n) is 15.0. The first kappa shape index (κ1) is 18.8. The molecule has 0 amide bonds. The number of nitrogens with zero attached hydrogens (tertiary/aromatic N) is 3. The summed E-state index contributed by atoms with van der Waals surface area (Å²) in [4.78, 5) is 27.4. The Labute approximate surface area is 162 Å². The number of hydrogen-bond donors (Lipinski definition) is 1. The number of fused-ring (bicyclic) bond motifs is 1. The van der Waals surface area contributed by atoms with E-state index in [0.717, 1.165) is 28.6 Å². The van der Waals surface area contributed by atoms with Gasteiger partial charge in [-0.15, -0.1) is 11.3 Å². The molecule has 0 spiro atoms. The van der Waals surface area contributed by atoms with Crippen molar-refractivity contribution >= 4 is 11.3 Å². The Kier molecular flexibility index (Phi) is 4.80. The summed E-state index contributed by atoms with van der Waals surface area (Å²) in [6.07, 6.45) is -1.95. The molecule has 0 atom stereocenters. The lowest BCUT2D eigenvalue weighted by atomic mass is 10.1. The fraction of sp³-hybridized carbons (Fsp3) is 0.316. The molecule has 0 unspecified atom stereocenters. The van der Waals surface area contributed by atoms with Crippen LogP contribution in [0, 0.1) is 6.92 Å². The molecule has 5 nitrogen and oxygen atoms in total. The molecule has 0 bridgehead atoms. The van der Waals surface area contributed by atoms with Crippen molar-refractivity contribution in [2.24, 2.45) is 0 Å². The van der Waals surface area contributed by atoms with Crippen molar-refractivity contribution in [3.05, 3.63) is 67.5 Å². The molecule has 0 radical (unpaired) electrons. The number of halogens is 3. The van der Waals surface area contributed by atoms with Gasteiger partial charge in [0, 0.05) is 36.1 Å². The van der Waals surface area contributed by atoms with Crippen LogP contribution in [0.3, 0.4) is 0 Å². The Balaban J connectivity index is 1.56. The van der Waals surface area contributed by atoms with Gasteiger partial charge in [0.1, 0.15) is 10.8 Å². The molecule has 0 saturated heterocycles. The first-order valence-corrected chi connectivity index (χ1v) is 9.54. The zero-order chi connectivity index (χ0) is 19.9. The summed E-state index contributed by atoms with van der Waals surface area (Å²) in [6.45, 7) is 3.90. The molecule has 0 saturated carbocycles. The third-order valence-corrected chi connectivity index (χ3v) is 5.56. The first-order chi connectivity index (χ1) is 13.3. The van der Waals surface area contributed by atoms with Crippen LogP contribution in [0.1, 0.15) is 26.7 Å². The van der Waals surface area contributed by atoms with E-state index >= 15 is 0 Å². The maximum absolute atomic E-state index is 12.7. The molecule has 1 N–H and O–H groups in total. The van der Waals surface area contributed by atoms with Crippen LogP contribution in [0.25, 0.3) is 11.4 Å². The average molecular weight is 406 g/mol. The molecule has 0 aliphatic carbocycles. The Morgan fingerprint density at radius 3 is 2.64 bits per heavy atom. The van der Waals surface area contributed by atoms with E-state index in [1.165, 1.54) is 12.1 Å². The SMILES string of the molecule is Cc1cnc(CN2CCc3nc(-c4ccc(C(F)(F)F)cc4)[nH]c(=O)c3C2)s1. The molecule has 146 valence electrons. The number of thiazole rings is 1. The predicted molar refractivity (Wildman–Crippen MR) is 100.0 cm³/mol. The highest BCUT2D eigenvalue weighted by Crippen LogP contribution is 2.30. The van der Waals surface area contributed by atoms with E-state index in [1.54, 1.807) is 11.3 Å². The summed E-state index contributed by atoms with van der Waals surface area (Å²) in [5, 5.41) is 1.01. The summed E-state index contributed by atoms with van der Waals surface area (Å²) >= 11 is 1.63. The summed E-state index contributed by atoms with van der Waals surface area (Å²) < 4.78 is 38.2. The Morgan fingerprint density at radius 1 is 1.25 bits per heavy atom. The largest absolute Gasteiger partial charge is 0.416 e. The molecule has 1 aliphatic heterocycles. The molecule has 0 fully saturated rings. The highest BCUT2D eigenvalue weighted by Gasteiger charge is 2.30. The highest BCUT2D eigenvalue weighted by atomic mass is 32.1. The minimum atomic E-state index is -4.39. The van der Waals surface area contributed by atoms with Gasteiger partial charge in [-0.3, -0.25) is 9.69 Å². The number of nitrogens with one attached hydrogen (secondary N) is 1. The van der Waals surface area contributed by atoms with Gasteiger partial charge in [-0.2, -0.15) is 13.2 Å². The van der Waals surface area contributed by atoms with E-state index in [-0.39, 0.29) is 5.56 Å². The summed E-state index contributed by atoms with van der Waals surface area (Å²) in [7, 11) is 0. The van der Waals surface area contributed by atoms with E-state index in [1.807, 2.05) is 13.1 Å². The van der Waals surface area contributed by atoms with Gasteiger partial charge in [0.05, 0.1) is 23.4 Å². The zero-order valence-corrected chi connectivity index (χ0v) is 15.8. The average Bonchev–Trinajstić information content (AvgIpc) is 3.06. The lowest BCUT2D eigenvalue weighted by Gasteiger charge is -2.26. The number of H-pyrrole nitrogens is 1. The van der Waals surface area contributed by atoms with Crippen LogP contribution in [-0.4, -0.2) is 26.4 Å². The van der Waals surface area contributed by atoms with E-state index in [2.05, 4.69) is 19.9 Å². The molecule has 3 heterocycles. The highest BCUT2D eigenvalue weighted by molar-refractivity contribution is 7.11. The van der Waals surface area contributed by atoms with Gasteiger partial charge in [-0.25, -0.2) is 9.97 Å². The smallest absolute Gasteiger partial charge is 0.306 e. The van der Waals surface area contributed by atoms with Crippen LogP contribution in [0.4, 0.5) is 13.2 Å². The Bertz CT molecular complexity index is 1060. The first-order valence-electron chi connectivity index (χ1n) is 8.73. The molecule has 9 heteroatoms. The molecule has 1 aliphatic rings. The van der Waals surface area contributed by atoms with Crippen LogP contribution in [-0.2, 0) is 25.7 Å². The number of aromatic amines is 1. The second-order valence-corrected chi connectivity index (χ2v) is 8.06. The van der Waals surface area contributed by atoms with Crippen LogP contribution >= 0.6 is 11.3 Å². The molecule has 4 rings (SSSR count). The number of aryl methyl sites for hydroxylation is 1. The fourth-order valence-corrected chi connectivity index (χ4v) is 4.07. The molecular formula is C19H17F3N4OS. The number of hydrogen-bond acceptors (Lipinski definition) is 5. The second kappa shape index (κ2) is 7.14. The van der Waals surface area contributed by atoms with E-state index < -0.39 is 11.7 Å². The standard InChI is InChI=1S/C19H17F3N4OS/c1-11-8-23-16(28-11)10-26-7-6-15-14(9-26)18(27)25-17(24-15)12-2-4-13(5-3-12)19(20,21)22/h2-5,8H,6-7,9-10H2,1H3,(H,24,25,27). The summed E-state index contributed by atoms with van der Waals surface area (Å²) in [5.74, 6) is 0.293. The van der Waals surface area contributed by atoms with Gasteiger partial charge in [0.25, 0.3) is 5.56 Å². The molecule has 28 heavy (non-hydrogen) atoms. The summed E-state index contributed by atoms with van der Waals surface area (Å²) in [6, 6.07) is 4.64. The van der Waals surface area contributed by atoms with Crippen molar-refractivity contribution in [3.63, 3.8) is 0 Å². The van der Waals surface area contributed by atoms with Crippen molar-refractivity contribution in [1.82, 2.24) is 19.9 Å². The fourth-order valence-electron chi connectivity index (χ4n) is 3.24. The maximum Gasteiger partial charge on any atom is 0.416 e. The number of benzene rings is 1. The van der Waals surface area contributed by atoms with E-state index in [9.17, 15) is 18.0 Å². The monoisotopic (exact) mass is 406 g/mol. The van der Waals surface area contributed by atoms with Gasteiger partial charge in [0.15, 0.2) is 0 Å². The van der Waals surface area contributed by atoms with Crippen molar-refractivity contribution < 1.29 is 13.2 Å². The number of alkyl halides is 3. The quantitative estimate of drug-likeness (QED) is 0.719. The van der Waals surface area contributed by atoms with Gasteiger partial charge in [-0.05, 0) is 19.1 Å². The molecular weight excluding hydrogens is 389 g/mol. The normalized spacial score (nSPS) is 14.9. The van der Waals surface area contributed by atoms with Crippen LogP contribution < -0.4 is 5.56 Å².